The summed E-state index contributed by atoms with van der Waals surface area (Å²) in [6, 6.07) is 15.8. The van der Waals surface area contributed by atoms with Gasteiger partial charge < -0.3 is 14.6 Å². The van der Waals surface area contributed by atoms with Crippen LogP contribution >= 0.6 is 0 Å². The third-order valence-electron chi connectivity index (χ3n) is 5.75. The molecule has 4 rings (SSSR count). The van der Waals surface area contributed by atoms with Crippen LogP contribution in [0, 0.1) is 19.7 Å². The summed E-state index contributed by atoms with van der Waals surface area (Å²) in [5.74, 6) is 0.469. The van der Waals surface area contributed by atoms with Crippen molar-refractivity contribution in [2.75, 3.05) is 0 Å². The lowest BCUT2D eigenvalue weighted by atomic mass is 9.95. The van der Waals surface area contributed by atoms with Crippen LogP contribution in [0.1, 0.15) is 16.7 Å². The van der Waals surface area contributed by atoms with Gasteiger partial charge in [-0.3, -0.25) is 9.59 Å². The molecule has 0 bridgehead atoms. The van der Waals surface area contributed by atoms with Gasteiger partial charge in [0.2, 0.25) is 5.91 Å². The Bertz CT molecular complexity index is 1460. The lowest BCUT2D eigenvalue weighted by Gasteiger charge is -2.20. The van der Waals surface area contributed by atoms with E-state index in [2.05, 4.69) is 11.9 Å². The number of nitrogens with zero attached hydrogens (tertiary/aromatic N) is 1. The van der Waals surface area contributed by atoms with Crippen LogP contribution < -0.4 is 15.6 Å². The van der Waals surface area contributed by atoms with E-state index in [1.54, 1.807) is 33.2 Å². The second-order valence-electron chi connectivity index (χ2n) is 8.19. The minimum absolute atomic E-state index is 0.107. The van der Waals surface area contributed by atoms with Crippen LogP contribution in [-0.4, -0.2) is 10.5 Å². The van der Waals surface area contributed by atoms with Gasteiger partial charge in [0.1, 0.15) is 17.3 Å². The zero-order valence-electron chi connectivity index (χ0n) is 19.3. The first-order chi connectivity index (χ1) is 16.3. The molecule has 4 aromatic rings. The lowest BCUT2D eigenvalue weighted by Crippen LogP contribution is -2.21. The minimum atomic E-state index is -0.326. The lowest BCUT2D eigenvalue weighted by molar-refractivity contribution is -0.116. The molecule has 34 heavy (non-hydrogen) atoms. The van der Waals surface area contributed by atoms with E-state index < -0.39 is 0 Å². The number of ether oxygens (including phenoxy) is 1. The van der Waals surface area contributed by atoms with E-state index in [0.29, 0.717) is 28.0 Å². The van der Waals surface area contributed by atoms with E-state index in [1.165, 1.54) is 22.8 Å². The van der Waals surface area contributed by atoms with Crippen LogP contribution in [0.2, 0.25) is 0 Å². The number of amides is 1. The normalized spacial score (nSPS) is 10.8. The monoisotopic (exact) mass is 456 g/mol. The van der Waals surface area contributed by atoms with Crippen molar-refractivity contribution in [3.05, 3.63) is 106 Å². The van der Waals surface area contributed by atoms with Crippen LogP contribution in [0.3, 0.4) is 0 Å². The van der Waals surface area contributed by atoms with Crippen LogP contribution in [-0.2, 0) is 18.4 Å². The smallest absolute Gasteiger partial charge is 0.258 e. The first-order valence-electron chi connectivity index (χ1n) is 10.9. The number of carbonyl (C=O) groups excluding carboxylic acids is 1. The molecule has 1 N–H and O–H groups in total. The molecular weight excluding hydrogens is 431 g/mol. The van der Waals surface area contributed by atoms with Gasteiger partial charge in [0.05, 0.1) is 0 Å². The summed E-state index contributed by atoms with van der Waals surface area (Å²) in [5.41, 5.74) is 3.55. The van der Waals surface area contributed by atoms with Gasteiger partial charge in [-0.05, 0) is 66.3 Å². The van der Waals surface area contributed by atoms with Crippen LogP contribution in [0.5, 0.6) is 11.5 Å². The van der Waals surface area contributed by atoms with Crippen molar-refractivity contribution in [1.29, 1.82) is 0 Å². The number of rotatable bonds is 6. The highest BCUT2D eigenvalue weighted by molar-refractivity contribution is 5.98. The maximum atomic E-state index is 13.9. The number of aromatic nitrogens is 1. The van der Waals surface area contributed by atoms with Crippen molar-refractivity contribution in [2.45, 2.75) is 20.4 Å². The number of aryl methyl sites for hydroxylation is 3. The summed E-state index contributed by atoms with van der Waals surface area (Å²) in [6.07, 6.45) is 2.99. The second-order valence-corrected chi connectivity index (χ2v) is 8.19. The maximum absolute atomic E-state index is 13.9. The van der Waals surface area contributed by atoms with E-state index in [-0.39, 0.29) is 23.8 Å². The van der Waals surface area contributed by atoms with E-state index in [9.17, 15) is 14.0 Å². The molecule has 1 amide bonds. The van der Waals surface area contributed by atoms with Crippen molar-refractivity contribution < 1.29 is 13.9 Å². The third kappa shape index (κ3) is 4.35. The molecule has 172 valence electrons. The van der Waals surface area contributed by atoms with Gasteiger partial charge >= 0.3 is 0 Å². The summed E-state index contributed by atoms with van der Waals surface area (Å²) < 4.78 is 21.8. The molecule has 0 radical (unpaired) electrons. The van der Waals surface area contributed by atoms with E-state index >= 15 is 0 Å². The molecule has 0 aliphatic carbocycles. The summed E-state index contributed by atoms with van der Waals surface area (Å²) in [4.78, 5) is 24.7. The number of pyridine rings is 1. The van der Waals surface area contributed by atoms with Crippen LogP contribution in [0.4, 0.5) is 4.39 Å². The fourth-order valence-corrected chi connectivity index (χ4v) is 4.15. The Morgan fingerprint density at radius 3 is 2.44 bits per heavy atom. The molecule has 0 fully saturated rings. The average molecular weight is 457 g/mol. The van der Waals surface area contributed by atoms with Gasteiger partial charge in [0, 0.05) is 36.3 Å². The predicted octanol–water partition coefficient (Wildman–Crippen LogP) is 5.56. The van der Waals surface area contributed by atoms with Crippen LogP contribution in [0.25, 0.3) is 21.9 Å². The van der Waals surface area contributed by atoms with Crippen molar-refractivity contribution in [3.8, 4) is 22.6 Å². The van der Waals surface area contributed by atoms with Crippen molar-refractivity contribution in [3.63, 3.8) is 0 Å². The van der Waals surface area contributed by atoms with Crippen molar-refractivity contribution in [1.82, 2.24) is 9.88 Å². The number of hydrogen-bond acceptors (Lipinski definition) is 3. The average Bonchev–Trinajstić information content (AvgIpc) is 2.82. The zero-order chi connectivity index (χ0) is 24.4. The number of hydrogen-bond donors (Lipinski definition) is 1. The highest BCUT2D eigenvalue weighted by Gasteiger charge is 2.19. The quantitative estimate of drug-likeness (QED) is 0.387. The molecule has 0 saturated heterocycles. The fourth-order valence-electron chi connectivity index (χ4n) is 4.15. The van der Waals surface area contributed by atoms with Crippen LogP contribution in [0.15, 0.2) is 78.2 Å². The first kappa shape index (κ1) is 23.0. The Morgan fingerprint density at radius 2 is 1.76 bits per heavy atom. The third-order valence-corrected chi connectivity index (χ3v) is 5.75. The van der Waals surface area contributed by atoms with Gasteiger partial charge in [-0.25, -0.2) is 4.39 Å². The highest BCUT2D eigenvalue weighted by atomic mass is 19.1. The van der Waals surface area contributed by atoms with E-state index in [4.69, 9.17) is 4.74 Å². The summed E-state index contributed by atoms with van der Waals surface area (Å²) in [5, 5.41) is 4.17. The fraction of sp³-hybridized carbons (Fsp3) is 0.143. The van der Waals surface area contributed by atoms with Crippen molar-refractivity contribution in [2.24, 2.45) is 7.05 Å². The first-order valence-corrected chi connectivity index (χ1v) is 10.9. The number of benzene rings is 3. The number of carbonyl (C=O) groups is 1. The van der Waals surface area contributed by atoms with Crippen molar-refractivity contribution >= 4 is 16.7 Å². The minimum Gasteiger partial charge on any atom is -0.456 e. The van der Waals surface area contributed by atoms with E-state index in [0.717, 1.165) is 22.1 Å². The number of fused-ring (bicyclic) bond motifs is 1. The summed E-state index contributed by atoms with van der Waals surface area (Å²) in [7, 11) is 1.70. The summed E-state index contributed by atoms with van der Waals surface area (Å²) >= 11 is 0. The Balaban J connectivity index is 1.98. The van der Waals surface area contributed by atoms with E-state index in [1.807, 2.05) is 36.4 Å². The van der Waals surface area contributed by atoms with Gasteiger partial charge in [-0.2, -0.15) is 0 Å². The predicted molar refractivity (Wildman–Crippen MR) is 133 cm³/mol. The largest absolute Gasteiger partial charge is 0.456 e. The van der Waals surface area contributed by atoms with Gasteiger partial charge in [0.15, 0.2) is 0 Å². The molecule has 0 spiro atoms. The molecule has 6 heteroatoms. The Hall–Kier alpha value is -4.19. The molecule has 0 atom stereocenters. The van der Waals surface area contributed by atoms with Gasteiger partial charge in [-0.1, -0.05) is 36.9 Å². The Kier molecular flexibility index (Phi) is 6.32. The topological polar surface area (TPSA) is 60.3 Å². The molecule has 0 saturated carbocycles. The zero-order valence-corrected chi connectivity index (χ0v) is 19.3. The molecule has 3 aromatic carbocycles. The van der Waals surface area contributed by atoms with Gasteiger partial charge in [-0.15, -0.1) is 0 Å². The number of halogens is 1. The number of nitrogens with one attached hydrogen (secondary N) is 1. The molecule has 1 aromatic heterocycles. The standard InChI is InChI=1S/C28H25FN2O3/c1-5-25(32)30-15-19-9-8-12-24(34-27-17(2)13-20(29)14-18(27)3)26(19)23-16-31(4)28(33)22-11-7-6-10-21(22)23/h5-14,16H,1,15H2,2-4H3,(H,30,32). The molecule has 0 aliphatic rings. The second kappa shape index (κ2) is 9.35. The maximum Gasteiger partial charge on any atom is 0.258 e. The molecule has 1 heterocycles. The molecule has 0 unspecified atom stereocenters. The SMILES string of the molecule is C=CC(=O)NCc1cccc(Oc2c(C)cc(F)cc2C)c1-c1cn(C)c(=O)c2ccccc12. The Morgan fingerprint density at radius 1 is 1.09 bits per heavy atom. The highest BCUT2D eigenvalue weighted by Crippen LogP contribution is 2.40. The summed E-state index contributed by atoms with van der Waals surface area (Å²) in [6.45, 7) is 7.33. The molecular formula is C28H25FN2O3. The Labute approximate surface area is 197 Å². The van der Waals surface area contributed by atoms with Gasteiger partial charge in [0.25, 0.3) is 5.56 Å². The molecule has 5 nitrogen and oxygen atoms in total. The molecule has 0 aliphatic heterocycles.